The molecule has 2 atom stereocenters. The molecule has 2 heteroatoms. The molecule has 104 valence electrons. The zero-order valence-electron chi connectivity index (χ0n) is 11.9. The molecule has 1 saturated carbocycles. The Morgan fingerprint density at radius 3 is 2.84 bits per heavy atom. The van der Waals surface area contributed by atoms with E-state index in [1.54, 1.807) is 0 Å². The molecule has 0 aromatic heterocycles. The van der Waals surface area contributed by atoms with Crippen molar-refractivity contribution in [3.8, 4) is 0 Å². The molecule has 3 rings (SSSR count). The van der Waals surface area contributed by atoms with E-state index in [9.17, 15) is 5.11 Å². The Hall–Kier alpha value is -1.02. The number of anilines is 1. The highest BCUT2D eigenvalue weighted by Gasteiger charge is 2.30. The van der Waals surface area contributed by atoms with Gasteiger partial charge in [0.25, 0.3) is 0 Å². The van der Waals surface area contributed by atoms with Crippen LogP contribution in [0, 0.1) is 6.92 Å². The van der Waals surface area contributed by atoms with Gasteiger partial charge in [-0.3, -0.25) is 0 Å². The number of hydrogen-bond donors (Lipinski definition) is 1. The number of aliphatic hydroxyl groups excluding tert-OH is 1. The van der Waals surface area contributed by atoms with Crippen LogP contribution in [0.4, 0.5) is 5.69 Å². The van der Waals surface area contributed by atoms with Crippen molar-refractivity contribution in [3.63, 3.8) is 0 Å². The van der Waals surface area contributed by atoms with Gasteiger partial charge in [-0.1, -0.05) is 37.0 Å². The number of rotatable bonds is 1. The first-order valence-electron chi connectivity index (χ1n) is 7.80. The second-order valence-electron chi connectivity index (χ2n) is 6.20. The molecule has 0 bridgehead atoms. The third-order valence-electron chi connectivity index (χ3n) is 4.73. The zero-order valence-corrected chi connectivity index (χ0v) is 11.9. The number of benzene rings is 1. The van der Waals surface area contributed by atoms with Gasteiger partial charge in [-0.15, -0.1) is 0 Å². The van der Waals surface area contributed by atoms with Crippen LogP contribution in [0.25, 0.3) is 0 Å². The van der Waals surface area contributed by atoms with Crippen molar-refractivity contribution in [1.82, 2.24) is 0 Å². The van der Waals surface area contributed by atoms with Crippen LogP contribution in [-0.4, -0.2) is 23.8 Å². The molecule has 2 unspecified atom stereocenters. The molecule has 0 radical (unpaired) electrons. The van der Waals surface area contributed by atoms with E-state index in [2.05, 4.69) is 30.0 Å². The van der Waals surface area contributed by atoms with E-state index in [1.807, 2.05) is 0 Å². The number of nitrogens with zero attached hydrogens (tertiary/aromatic N) is 1. The standard InChI is InChI=1S/C17H25NO/c1-13-9-10-15-14(12-13)6-5-11-18(15)16-7-3-2-4-8-17(16)19/h9-10,12,16-17,19H,2-8,11H2,1H3. The van der Waals surface area contributed by atoms with Crippen LogP contribution >= 0.6 is 0 Å². The minimum atomic E-state index is -0.144. The molecule has 1 N–H and O–H groups in total. The van der Waals surface area contributed by atoms with Gasteiger partial charge in [0.1, 0.15) is 0 Å². The average molecular weight is 259 g/mol. The molecule has 1 aromatic rings. The summed E-state index contributed by atoms with van der Waals surface area (Å²) in [6.07, 6.45) is 8.12. The summed E-state index contributed by atoms with van der Waals surface area (Å²) < 4.78 is 0. The van der Waals surface area contributed by atoms with Crippen LogP contribution in [0.5, 0.6) is 0 Å². The van der Waals surface area contributed by atoms with E-state index in [0.717, 1.165) is 19.4 Å². The van der Waals surface area contributed by atoms with Gasteiger partial charge < -0.3 is 10.0 Å². The Bertz CT molecular complexity index is 443. The van der Waals surface area contributed by atoms with E-state index in [0.29, 0.717) is 6.04 Å². The van der Waals surface area contributed by atoms with Crippen LogP contribution in [0.3, 0.4) is 0 Å². The summed E-state index contributed by atoms with van der Waals surface area (Å²) in [7, 11) is 0. The lowest BCUT2D eigenvalue weighted by molar-refractivity contribution is 0.132. The first-order chi connectivity index (χ1) is 9.25. The lowest BCUT2D eigenvalue weighted by Gasteiger charge is -2.40. The van der Waals surface area contributed by atoms with Gasteiger partial charge in [0.15, 0.2) is 0 Å². The van der Waals surface area contributed by atoms with Crippen LogP contribution in [-0.2, 0) is 6.42 Å². The van der Waals surface area contributed by atoms with Gasteiger partial charge >= 0.3 is 0 Å². The Morgan fingerprint density at radius 1 is 1.11 bits per heavy atom. The fraction of sp³-hybridized carbons (Fsp3) is 0.647. The van der Waals surface area contributed by atoms with Crippen LogP contribution in [0.15, 0.2) is 18.2 Å². The third-order valence-corrected chi connectivity index (χ3v) is 4.73. The quantitative estimate of drug-likeness (QED) is 0.781. The van der Waals surface area contributed by atoms with Crippen LogP contribution in [0.1, 0.15) is 49.7 Å². The molecule has 19 heavy (non-hydrogen) atoms. The molecular weight excluding hydrogens is 234 g/mol. The molecule has 1 aromatic carbocycles. The molecule has 1 aliphatic heterocycles. The maximum absolute atomic E-state index is 10.4. The van der Waals surface area contributed by atoms with E-state index in [4.69, 9.17) is 0 Å². The topological polar surface area (TPSA) is 23.5 Å². The van der Waals surface area contributed by atoms with Crippen molar-refractivity contribution >= 4 is 5.69 Å². The maximum atomic E-state index is 10.4. The van der Waals surface area contributed by atoms with Crippen molar-refractivity contribution in [3.05, 3.63) is 29.3 Å². The number of fused-ring (bicyclic) bond motifs is 1. The fourth-order valence-corrected chi connectivity index (χ4v) is 3.73. The minimum Gasteiger partial charge on any atom is -0.391 e. The van der Waals surface area contributed by atoms with Gasteiger partial charge in [-0.2, -0.15) is 0 Å². The summed E-state index contributed by atoms with van der Waals surface area (Å²) in [5.74, 6) is 0. The SMILES string of the molecule is Cc1ccc2c(c1)CCCN2C1CCCCCC1O. The van der Waals surface area contributed by atoms with E-state index in [-0.39, 0.29) is 6.10 Å². The highest BCUT2D eigenvalue weighted by Crippen LogP contribution is 2.33. The molecule has 1 aliphatic carbocycles. The summed E-state index contributed by atoms with van der Waals surface area (Å²) in [4.78, 5) is 2.49. The predicted octanol–water partition coefficient (Wildman–Crippen LogP) is 3.44. The Balaban J connectivity index is 1.89. The molecule has 1 fully saturated rings. The third kappa shape index (κ3) is 2.64. The highest BCUT2D eigenvalue weighted by atomic mass is 16.3. The lowest BCUT2D eigenvalue weighted by Crippen LogP contribution is -2.45. The van der Waals surface area contributed by atoms with Crippen LogP contribution in [0.2, 0.25) is 0 Å². The Kier molecular flexibility index (Phi) is 3.79. The molecule has 0 amide bonds. The van der Waals surface area contributed by atoms with E-state index < -0.39 is 0 Å². The minimum absolute atomic E-state index is 0.144. The maximum Gasteiger partial charge on any atom is 0.0743 e. The summed E-state index contributed by atoms with van der Waals surface area (Å²) in [6.45, 7) is 3.28. The average Bonchev–Trinajstić information content (AvgIpc) is 2.62. The molecule has 2 nitrogen and oxygen atoms in total. The molecule has 0 spiro atoms. The summed E-state index contributed by atoms with van der Waals surface area (Å²) >= 11 is 0. The smallest absolute Gasteiger partial charge is 0.0743 e. The van der Waals surface area contributed by atoms with Crippen molar-refractivity contribution in [2.75, 3.05) is 11.4 Å². The van der Waals surface area contributed by atoms with Crippen LogP contribution < -0.4 is 4.90 Å². The first kappa shape index (κ1) is 13.0. The van der Waals surface area contributed by atoms with Gasteiger partial charge in [-0.05, 0) is 44.2 Å². The summed E-state index contributed by atoms with van der Waals surface area (Å²) in [5, 5.41) is 10.4. The molecule has 1 heterocycles. The predicted molar refractivity (Wildman–Crippen MR) is 79.7 cm³/mol. The summed E-state index contributed by atoms with van der Waals surface area (Å²) in [5.41, 5.74) is 4.20. The van der Waals surface area contributed by atoms with E-state index in [1.165, 1.54) is 48.9 Å². The zero-order chi connectivity index (χ0) is 13.2. The van der Waals surface area contributed by atoms with Gasteiger partial charge in [-0.25, -0.2) is 0 Å². The van der Waals surface area contributed by atoms with Crippen molar-refractivity contribution in [2.45, 2.75) is 64.0 Å². The Morgan fingerprint density at radius 2 is 1.95 bits per heavy atom. The van der Waals surface area contributed by atoms with E-state index >= 15 is 0 Å². The first-order valence-corrected chi connectivity index (χ1v) is 7.80. The van der Waals surface area contributed by atoms with Gasteiger partial charge in [0.2, 0.25) is 0 Å². The monoisotopic (exact) mass is 259 g/mol. The highest BCUT2D eigenvalue weighted by molar-refractivity contribution is 5.57. The fourth-order valence-electron chi connectivity index (χ4n) is 3.73. The Labute approximate surface area is 116 Å². The summed E-state index contributed by atoms with van der Waals surface area (Å²) in [6, 6.07) is 7.14. The largest absolute Gasteiger partial charge is 0.391 e. The molecule has 0 saturated heterocycles. The molecule has 2 aliphatic rings. The lowest BCUT2D eigenvalue weighted by atomic mass is 9.95. The van der Waals surface area contributed by atoms with Gasteiger partial charge in [0, 0.05) is 12.2 Å². The van der Waals surface area contributed by atoms with Crippen molar-refractivity contribution < 1.29 is 5.11 Å². The number of hydrogen-bond acceptors (Lipinski definition) is 2. The number of aliphatic hydroxyl groups is 1. The van der Waals surface area contributed by atoms with Crippen molar-refractivity contribution in [1.29, 1.82) is 0 Å². The molecular formula is C17H25NO. The van der Waals surface area contributed by atoms with Gasteiger partial charge in [0.05, 0.1) is 12.1 Å². The van der Waals surface area contributed by atoms with Crippen molar-refractivity contribution in [2.24, 2.45) is 0 Å². The normalized spacial score (nSPS) is 27.8. The second kappa shape index (κ2) is 5.54. The second-order valence-corrected chi connectivity index (χ2v) is 6.20. The number of aryl methyl sites for hydroxylation is 2.